The average molecular weight is 356 g/mol. The van der Waals surface area contributed by atoms with Crippen LogP contribution in [0.15, 0.2) is 54.9 Å². The molecule has 132 valence electrons. The Kier molecular flexibility index (Phi) is 4.61. The van der Waals surface area contributed by atoms with Crippen LogP contribution in [0, 0.1) is 15.9 Å². The maximum absolute atomic E-state index is 13.2. The van der Waals surface area contributed by atoms with Gasteiger partial charge in [0.15, 0.2) is 0 Å². The van der Waals surface area contributed by atoms with E-state index in [4.69, 9.17) is 4.74 Å². The Labute approximate surface area is 147 Å². The second kappa shape index (κ2) is 7.01. The van der Waals surface area contributed by atoms with Crippen LogP contribution in [0.4, 0.5) is 15.8 Å². The summed E-state index contributed by atoms with van der Waals surface area (Å²) in [6, 6.07) is 9.51. The summed E-state index contributed by atoms with van der Waals surface area (Å²) in [5.74, 6) is -0.741. The summed E-state index contributed by atoms with van der Waals surface area (Å²) in [5, 5.41) is 17.4. The Morgan fingerprint density at radius 3 is 2.65 bits per heavy atom. The zero-order valence-corrected chi connectivity index (χ0v) is 13.5. The fourth-order valence-corrected chi connectivity index (χ4v) is 2.27. The van der Waals surface area contributed by atoms with Crippen molar-refractivity contribution in [1.29, 1.82) is 0 Å². The number of hydrogen-bond donors (Lipinski definition) is 1. The molecule has 26 heavy (non-hydrogen) atoms. The van der Waals surface area contributed by atoms with Gasteiger partial charge in [0.2, 0.25) is 0 Å². The van der Waals surface area contributed by atoms with Crippen LogP contribution in [0.2, 0.25) is 0 Å². The Hall–Kier alpha value is -3.75. The first-order valence-corrected chi connectivity index (χ1v) is 7.42. The van der Waals surface area contributed by atoms with Crippen LogP contribution >= 0.6 is 0 Å². The molecular formula is C17H13FN4O4. The summed E-state index contributed by atoms with van der Waals surface area (Å²) in [6.07, 6.45) is 2.83. The predicted octanol–water partition coefficient (Wildman–Crippen LogP) is 3.18. The number of methoxy groups -OCH3 is 1. The van der Waals surface area contributed by atoms with Gasteiger partial charge in [-0.25, -0.2) is 9.07 Å². The van der Waals surface area contributed by atoms with Crippen molar-refractivity contribution in [3.63, 3.8) is 0 Å². The molecule has 3 rings (SSSR count). The number of nitro groups is 1. The Morgan fingerprint density at radius 2 is 2.00 bits per heavy atom. The molecule has 0 saturated heterocycles. The Balaban J connectivity index is 1.79. The monoisotopic (exact) mass is 356 g/mol. The molecule has 3 aromatic rings. The third-order valence-electron chi connectivity index (χ3n) is 3.58. The molecule has 0 aliphatic rings. The molecular weight excluding hydrogens is 343 g/mol. The van der Waals surface area contributed by atoms with Gasteiger partial charge >= 0.3 is 0 Å². The van der Waals surface area contributed by atoms with Crippen LogP contribution in [-0.2, 0) is 0 Å². The van der Waals surface area contributed by atoms with Gasteiger partial charge in [0.25, 0.3) is 11.6 Å². The first-order valence-electron chi connectivity index (χ1n) is 7.42. The van der Waals surface area contributed by atoms with E-state index in [-0.39, 0.29) is 17.0 Å². The van der Waals surface area contributed by atoms with Crippen molar-refractivity contribution in [2.75, 3.05) is 12.4 Å². The molecule has 1 amide bonds. The minimum atomic E-state index is -0.498. The van der Waals surface area contributed by atoms with Crippen LogP contribution in [0.5, 0.6) is 5.75 Å². The number of rotatable bonds is 5. The van der Waals surface area contributed by atoms with Gasteiger partial charge in [0.05, 0.1) is 35.2 Å². The Bertz CT molecular complexity index is 969. The van der Waals surface area contributed by atoms with Crippen LogP contribution < -0.4 is 10.1 Å². The van der Waals surface area contributed by atoms with Crippen LogP contribution in [0.3, 0.4) is 0 Å². The molecule has 1 N–H and O–H groups in total. The lowest BCUT2D eigenvalue weighted by molar-refractivity contribution is -0.384. The van der Waals surface area contributed by atoms with Crippen molar-refractivity contribution >= 4 is 17.3 Å². The van der Waals surface area contributed by atoms with E-state index in [9.17, 15) is 19.3 Å². The van der Waals surface area contributed by atoms with Crippen molar-refractivity contribution in [3.8, 4) is 11.4 Å². The second-order valence-electron chi connectivity index (χ2n) is 5.25. The number of ether oxygens (including phenoxy) is 1. The largest absolute Gasteiger partial charge is 0.494 e. The maximum atomic E-state index is 13.2. The lowest BCUT2D eigenvalue weighted by Crippen LogP contribution is -2.12. The van der Waals surface area contributed by atoms with Crippen LogP contribution in [0.1, 0.15) is 10.4 Å². The third kappa shape index (κ3) is 3.51. The van der Waals surface area contributed by atoms with Crippen LogP contribution in [0.25, 0.3) is 5.69 Å². The van der Waals surface area contributed by atoms with Gasteiger partial charge in [-0.05, 0) is 24.3 Å². The fraction of sp³-hybridized carbons (Fsp3) is 0.0588. The van der Waals surface area contributed by atoms with Gasteiger partial charge in [-0.2, -0.15) is 5.10 Å². The molecule has 0 aliphatic carbocycles. The van der Waals surface area contributed by atoms with Gasteiger partial charge in [-0.15, -0.1) is 0 Å². The van der Waals surface area contributed by atoms with Gasteiger partial charge in [0.1, 0.15) is 11.6 Å². The number of nitrogens with one attached hydrogen (secondary N) is 1. The molecule has 0 saturated carbocycles. The fourth-order valence-electron chi connectivity index (χ4n) is 2.27. The summed E-state index contributed by atoms with van der Waals surface area (Å²) in [5.41, 5.74) is 1.10. The van der Waals surface area contributed by atoms with Crippen molar-refractivity contribution in [1.82, 2.24) is 9.78 Å². The molecule has 0 fully saturated rings. The Morgan fingerprint density at radius 1 is 1.27 bits per heavy atom. The lowest BCUT2D eigenvalue weighted by atomic mass is 10.2. The molecule has 0 aliphatic heterocycles. The lowest BCUT2D eigenvalue weighted by Gasteiger charge is -2.09. The average Bonchev–Trinajstić information content (AvgIpc) is 3.13. The maximum Gasteiger partial charge on any atom is 0.269 e. The first-order chi connectivity index (χ1) is 12.5. The number of aromatic nitrogens is 2. The SMILES string of the molecule is COc1cc(F)ccc1NC(=O)c1cnn(-c2ccc([N+](=O)[O-])cc2)c1. The summed E-state index contributed by atoms with van der Waals surface area (Å²) < 4.78 is 19.7. The summed E-state index contributed by atoms with van der Waals surface area (Å²) in [4.78, 5) is 22.5. The summed E-state index contributed by atoms with van der Waals surface area (Å²) in [7, 11) is 1.37. The zero-order chi connectivity index (χ0) is 18.7. The standard InChI is InChI=1S/C17H13FN4O4/c1-26-16-8-12(18)2-7-15(16)20-17(23)11-9-19-21(10-11)13-3-5-14(6-4-13)22(24)25/h2-10H,1H3,(H,20,23). The number of nitro benzene ring substituents is 1. The van der Waals surface area contributed by atoms with E-state index in [1.54, 1.807) is 0 Å². The number of anilines is 1. The zero-order valence-electron chi connectivity index (χ0n) is 13.5. The molecule has 8 nitrogen and oxygen atoms in total. The second-order valence-corrected chi connectivity index (χ2v) is 5.25. The molecule has 0 bridgehead atoms. The van der Waals surface area contributed by atoms with Crippen molar-refractivity contribution in [2.45, 2.75) is 0 Å². The molecule has 2 aromatic carbocycles. The minimum absolute atomic E-state index is 0.0396. The number of halogens is 1. The highest BCUT2D eigenvalue weighted by molar-refractivity contribution is 6.04. The van der Waals surface area contributed by atoms with E-state index < -0.39 is 16.6 Å². The number of non-ortho nitro benzene ring substituents is 1. The van der Waals surface area contributed by atoms with E-state index in [1.165, 1.54) is 60.6 Å². The van der Waals surface area contributed by atoms with E-state index in [0.29, 0.717) is 11.4 Å². The summed E-state index contributed by atoms with van der Waals surface area (Å²) >= 11 is 0. The minimum Gasteiger partial charge on any atom is -0.494 e. The van der Waals surface area contributed by atoms with Crippen molar-refractivity contribution < 1.29 is 18.8 Å². The molecule has 0 radical (unpaired) electrons. The van der Waals surface area contributed by atoms with E-state index in [1.807, 2.05) is 0 Å². The normalized spacial score (nSPS) is 10.4. The smallest absolute Gasteiger partial charge is 0.269 e. The number of benzene rings is 2. The molecule has 0 atom stereocenters. The molecule has 0 unspecified atom stereocenters. The predicted molar refractivity (Wildman–Crippen MR) is 91.1 cm³/mol. The number of carbonyl (C=O) groups excluding carboxylic acids is 1. The van der Waals surface area contributed by atoms with Gasteiger partial charge in [-0.3, -0.25) is 14.9 Å². The van der Waals surface area contributed by atoms with Crippen molar-refractivity contribution in [2.24, 2.45) is 0 Å². The first kappa shape index (κ1) is 17.1. The number of nitrogens with zero attached hydrogens (tertiary/aromatic N) is 3. The van der Waals surface area contributed by atoms with E-state index in [2.05, 4.69) is 10.4 Å². The topological polar surface area (TPSA) is 99.3 Å². The third-order valence-corrected chi connectivity index (χ3v) is 3.58. The van der Waals surface area contributed by atoms with E-state index >= 15 is 0 Å². The van der Waals surface area contributed by atoms with Gasteiger partial charge < -0.3 is 10.1 Å². The molecule has 1 heterocycles. The van der Waals surface area contributed by atoms with Crippen LogP contribution in [-0.4, -0.2) is 27.7 Å². The highest BCUT2D eigenvalue weighted by Gasteiger charge is 2.13. The highest BCUT2D eigenvalue weighted by atomic mass is 19.1. The number of carbonyl (C=O) groups is 1. The molecule has 9 heteroatoms. The highest BCUT2D eigenvalue weighted by Crippen LogP contribution is 2.25. The number of hydrogen-bond acceptors (Lipinski definition) is 5. The molecule has 1 aromatic heterocycles. The quantitative estimate of drug-likeness (QED) is 0.559. The van der Waals surface area contributed by atoms with E-state index in [0.717, 1.165) is 6.07 Å². The number of amides is 1. The molecule has 0 spiro atoms. The van der Waals surface area contributed by atoms with Gasteiger partial charge in [-0.1, -0.05) is 0 Å². The van der Waals surface area contributed by atoms with Gasteiger partial charge in [0, 0.05) is 24.4 Å². The summed E-state index contributed by atoms with van der Waals surface area (Å²) in [6.45, 7) is 0. The van der Waals surface area contributed by atoms with Crippen molar-refractivity contribution in [3.05, 3.63) is 76.4 Å².